The van der Waals surface area contributed by atoms with E-state index in [1.54, 1.807) is 0 Å². The van der Waals surface area contributed by atoms with Gasteiger partial charge in [-0.3, -0.25) is 9.69 Å². The number of rotatable bonds is 19. The Morgan fingerprint density at radius 2 is 1.04 bits per heavy atom. The van der Waals surface area contributed by atoms with Crippen LogP contribution in [0.2, 0.25) is 0 Å². The molecule has 0 bridgehead atoms. The van der Waals surface area contributed by atoms with E-state index in [2.05, 4.69) is 31.0 Å². The molecule has 0 unspecified atom stereocenters. The lowest BCUT2D eigenvalue weighted by Crippen LogP contribution is -2.37. The minimum Gasteiger partial charge on any atom is -0.355 e. The summed E-state index contributed by atoms with van der Waals surface area (Å²) in [6, 6.07) is 0. The first kappa shape index (κ1) is 24.4. The van der Waals surface area contributed by atoms with Crippen LogP contribution in [-0.2, 0) is 4.79 Å². The van der Waals surface area contributed by atoms with Crippen LogP contribution in [0.3, 0.4) is 0 Å². The van der Waals surface area contributed by atoms with Crippen molar-refractivity contribution in [2.75, 3.05) is 26.2 Å². The lowest BCUT2D eigenvalue weighted by Gasteiger charge is -2.17. The van der Waals surface area contributed by atoms with Crippen molar-refractivity contribution in [3.8, 4) is 0 Å². The number of hydrogen-bond donors (Lipinski definition) is 1. The van der Waals surface area contributed by atoms with Crippen molar-refractivity contribution in [1.82, 2.24) is 10.2 Å². The van der Waals surface area contributed by atoms with Gasteiger partial charge in [0, 0.05) is 6.54 Å². The Balaban J connectivity index is 3.17. The van der Waals surface area contributed by atoms with E-state index in [9.17, 15) is 4.79 Å². The first-order valence-electron chi connectivity index (χ1n) is 11.2. The minimum absolute atomic E-state index is 0.179. The number of nitrogens with one attached hydrogen (secondary N) is 1. The highest BCUT2D eigenvalue weighted by Crippen LogP contribution is 2.12. The van der Waals surface area contributed by atoms with Crippen molar-refractivity contribution in [1.29, 1.82) is 0 Å². The zero-order valence-corrected chi connectivity index (χ0v) is 17.6. The molecule has 0 aromatic rings. The average molecular weight is 355 g/mol. The van der Waals surface area contributed by atoms with E-state index in [-0.39, 0.29) is 5.91 Å². The Morgan fingerprint density at radius 3 is 1.44 bits per heavy atom. The molecule has 0 saturated carbocycles. The summed E-state index contributed by atoms with van der Waals surface area (Å²) in [6.07, 6.45) is 19.3. The molecule has 0 fully saturated rings. The molecule has 150 valence electrons. The Morgan fingerprint density at radius 1 is 0.640 bits per heavy atom. The number of carbonyl (C=O) groups is 1. The molecule has 25 heavy (non-hydrogen) atoms. The smallest absolute Gasteiger partial charge is 0.234 e. The zero-order valence-electron chi connectivity index (χ0n) is 17.6. The third-order valence-corrected chi connectivity index (χ3v) is 5.11. The van der Waals surface area contributed by atoms with Gasteiger partial charge in [0.1, 0.15) is 0 Å². The van der Waals surface area contributed by atoms with Gasteiger partial charge < -0.3 is 5.32 Å². The lowest BCUT2D eigenvalue weighted by atomic mass is 10.0. The van der Waals surface area contributed by atoms with E-state index in [0.717, 1.165) is 26.1 Å². The van der Waals surface area contributed by atoms with Crippen molar-refractivity contribution in [2.24, 2.45) is 0 Å². The van der Waals surface area contributed by atoms with Gasteiger partial charge in [0.15, 0.2) is 0 Å². The van der Waals surface area contributed by atoms with Crippen molar-refractivity contribution >= 4 is 5.91 Å². The summed E-state index contributed by atoms with van der Waals surface area (Å²) in [7, 11) is 0. The molecule has 0 spiro atoms. The fourth-order valence-electron chi connectivity index (χ4n) is 3.25. The molecule has 0 atom stereocenters. The van der Waals surface area contributed by atoms with Crippen LogP contribution in [0.5, 0.6) is 0 Å². The number of carbonyl (C=O) groups excluding carboxylic acids is 1. The second kappa shape index (κ2) is 19.8. The van der Waals surface area contributed by atoms with Crippen molar-refractivity contribution in [3.63, 3.8) is 0 Å². The molecular weight excluding hydrogens is 308 g/mol. The highest BCUT2D eigenvalue weighted by Gasteiger charge is 2.05. The van der Waals surface area contributed by atoms with Crippen molar-refractivity contribution < 1.29 is 4.79 Å². The van der Waals surface area contributed by atoms with Crippen LogP contribution in [0.1, 0.15) is 111 Å². The topological polar surface area (TPSA) is 32.3 Å². The predicted octanol–water partition coefficient (Wildman–Crippen LogP) is 5.93. The summed E-state index contributed by atoms with van der Waals surface area (Å²) in [5, 5.41) is 3.04. The standard InChI is InChI=1S/C22H46N2O/c1-4-7-8-9-10-11-12-13-14-15-16-17-18-19-20-23-22(25)21-24(5-2)6-3/h4-21H2,1-3H3,(H,23,25). The van der Waals surface area contributed by atoms with Crippen LogP contribution in [-0.4, -0.2) is 37.0 Å². The van der Waals surface area contributed by atoms with Crippen LogP contribution < -0.4 is 5.32 Å². The number of nitrogens with zero attached hydrogens (tertiary/aromatic N) is 1. The fraction of sp³-hybridized carbons (Fsp3) is 0.955. The molecule has 0 aromatic heterocycles. The average Bonchev–Trinajstić information content (AvgIpc) is 2.62. The lowest BCUT2D eigenvalue weighted by molar-refractivity contribution is -0.122. The van der Waals surface area contributed by atoms with Crippen molar-refractivity contribution in [2.45, 2.75) is 111 Å². The van der Waals surface area contributed by atoms with E-state index >= 15 is 0 Å². The number of unbranched alkanes of at least 4 members (excludes halogenated alkanes) is 13. The molecule has 0 aliphatic heterocycles. The van der Waals surface area contributed by atoms with E-state index in [0.29, 0.717) is 6.54 Å². The number of hydrogen-bond acceptors (Lipinski definition) is 2. The molecule has 1 N–H and O–H groups in total. The molecule has 1 amide bonds. The quantitative estimate of drug-likeness (QED) is 0.292. The molecule has 0 rings (SSSR count). The Kier molecular flexibility index (Phi) is 19.3. The highest BCUT2D eigenvalue weighted by atomic mass is 16.2. The molecule has 0 aliphatic rings. The Hall–Kier alpha value is -0.570. The fourth-order valence-corrected chi connectivity index (χ4v) is 3.25. The molecule has 3 nitrogen and oxygen atoms in total. The van der Waals surface area contributed by atoms with E-state index in [1.165, 1.54) is 83.5 Å². The van der Waals surface area contributed by atoms with Crippen LogP contribution in [0.4, 0.5) is 0 Å². The third-order valence-electron chi connectivity index (χ3n) is 5.11. The Bertz CT molecular complexity index is 277. The van der Waals surface area contributed by atoms with Crippen LogP contribution >= 0.6 is 0 Å². The van der Waals surface area contributed by atoms with Gasteiger partial charge in [0.25, 0.3) is 0 Å². The number of amides is 1. The van der Waals surface area contributed by atoms with Gasteiger partial charge in [0.2, 0.25) is 5.91 Å². The molecule has 0 saturated heterocycles. The number of likely N-dealkylation sites (N-methyl/N-ethyl adjacent to an activating group) is 1. The highest BCUT2D eigenvalue weighted by molar-refractivity contribution is 5.77. The first-order chi connectivity index (χ1) is 12.2. The predicted molar refractivity (Wildman–Crippen MR) is 111 cm³/mol. The van der Waals surface area contributed by atoms with E-state index < -0.39 is 0 Å². The summed E-state index contributed by atoms with van der Waals surface area (Å²) in [5.41, 5.74) is 0. The van der Waals surface area contributed by atoms with Gasteiger partial charge in [-0.1, -0.05) is 104 Å². The van der Waals surface area contributed by atoms with Gasteiger partial charge >= 0.3 is 0 Å². The summed E-state index contributed by atoms with van der Waals surface area (Å²) in [4.78, 5) is 13.9. The summed E-state index contributed by atoms with van der Waals surface area (Å²) in [5.74, 6) is 0.179. The molecule has 3 heteroatoms. The van der Waals surface area contributed by atoms with Crippen LogP contribution in [0.15, 0.2) is 0 Å². The first-order valence-corrected chi connectivity index (χ1v) is 11.2. The van der Waals surface area contributed by atoms with Gasteiger partial charge in [-0.05, 0) is 19.5 Å². The van der Waals surface area contributed by atoms with E-state index in [1.807, 2.05) is 0 Å². The van der Waals surface area contributed by atoms with Crippen LogP contribution in [0.25, 0.3) is 0 Å². The van der Waals surface area contributed by atoms with E-state index in [4.69, 9.17) is 0 Å². The van der Waals surface area contributed by atoms with Gasteiger partial charge in [-0.2, -0.15) is 0 Å². The van der Waals surface area contributed by atoms with Gasteiger partial charge in [-0.15, -0.1) is 0 Å². The summed E-state index contributed by atoms with van der Waals surface area (Å²) >= 11 is 0. The zero-order chi connectivity index (χ0) is 18.6. The molecular formula is C22H46N2O. The molecule has 0 aliphatic carbocycles. The third kappa shape index (κ3) is 18.0. The monoisotopic (exact) mass is 354 g/mol. The normalized spacial score (nSPS) is 11.2. The second-order valence-corrected chi connectivity index (χ2v) is 7.41. The van der Waals surface area contributed by atoms with Gasteiger partial charge in [0.05, 0.1) is 6.54 Å². The molecule has 0 heterocycles. The van der Waals surface area contributed by atoms with Crippen LogP contribution in [0, 0.1) is 0 Å². The largest absolute Gasteiger partial charge is 0.355 e. The maximum absolute atomic E-state index is 11.8. The molecule has 0 radical (unpaired) electrons. The minimum atomic E-state index is 0.179. The maximum Gasteiger partial charge on any atom is 0.234 e. The summed E-state index contributed by atoms with van der Waals surface area (Å²) < 4.78 is 0. The maximum atomic E-state index is 11.8. The second-order valence-electron chi connectivity index (χ2n) is 7.41. The SMILES string of the molecule is CCCCCCCCCCCCCCCCNC(=O)CN(CC)CC. The summed E-state index contributed by atoms with van der Waals surface area (Å²) in [6.45, 7) is 9.77. The Labute approximate surface area is 158 Å². The van der Waals surface area contributed by atoms with Crippen molar-refractivity contribution in [3.05, 3.63) is 0 Å². The molecule has 0 aromatic carbocycles. The van der Waals surface area contributed by atoms with Gasteiger partial charge in [-0.25, -0.2) is 0 Å².